The molecule has 1 unspecified atom stereocenters. The number of nitrogens with one attached hydrogen (secondary N) is 1. The quantitative estimate of drug-likeness (QED) is 0.782. The minimum atomic E-state index is -0.842. The molecule has 1 aromatic rings. The van der Waals surface area contributed by atoms with Gasteiger partial charge in [-0.3, -0.25) is 9.59 Å². The average Bonchev–Trinajstić information content (AvgIpc) is 2.77. The summed E-state index contributed by atoms with van der Waals surface area (Å²) >= 11 is 0.969. The van der Waals surface area contributed by atoms with Crippen LogP contribution in [-0.4, -0.2) is 32.3 Å². The van der Waals surface area contributed by atoms with Crippen LogP contribution in [0, 0.1) is 11.8 Å². The SMILES string of the molecule is CC(C)CC(CNC(=O)c1cnsn1)CC(=O)O. The highest BCUT2D eigenvalue weighted by Gasteiger charge is 2.17. The number of hydrogen-bond donors (Lipinski definition) is 2. The van der Waals surface area contributed by atoms with Gasteiger partial charge in [-0.1, -0.05) is 13.8 Å². The van der Waals surface area contributed by atoms with Gasteiger partial charge < -0.3 is 10.4 Å². The molecule has 7 heteroatoms. The number of rotatable bonds is 7. The Labute approximate surface area is 110 Å². The molecule has 1 heterocycles. The van der Waals surface area contributed by atoms with Gasteiger partial charge in [0.1, 0.15) is 0 Å². The summed E-state index contributed by atoms with van der Waals surface area (Å²) in [5, 5.41) is 11.5. The molecule has 0 aliphatic rings. The van der Waals surface area contributed by atoms with E-state index in [-0.39, 0.29) is 23.9 Å². The summed E-state index contributed by atoms with van der Waals surface area (Å²) in [6, 6.07) is 0. The van der Waals surface area contributed by atoms with E-state index in [9.17, 15) is 9.59 Å². The van der Waals surface area contributed by atoms with Crippen molar-refractivity contribution >= 4 is 23.6 Å². The molecule has 0 saturated carbocycles. The van der Waals surface area contributed by atoms with Gasteiger partial charge in [0, 0.05) is 13.0 Å². The molecule has 0 aliphatic heterocycles. The Balaban J connectivity index is 2.45. The van der Waals surface area contributed by atoms with Crippen LogP contribution in [-0.2, 0) is 4.79 Å². The summed E-state index contributed by atoms with van der Waals surface area (Å²) in [7, 11) is 0. The van der Waals surface area contributed by atoms with E-state index in [0.29, 0.717) is 12.5 Å². The highest BCUT2D eigenvalue weighted by Crippen LogP contribution is 2.14. The monoisotopic (exact) mass is 271 g/mol. The second-order valence-electron chi connectivity index (χ2n) is 4.60. The lowest BCUT2D eigenvalue weighted by Gasteiger charge is -2.17. The van der Waals surface area contributed by atoms with Crippen LogP contribution in [0.4, 0.5) is 0 Å². The second kappa shape index (κ2) is 7.05. The number of aliphatic carboxylic acids is 1. The van der Waals surface area contributed by atoms with Crippen LogP contribution < -0.4 is 5.32 Å². The third-order valence-corrected chi connectivity index (χ3v) is 2.89. The fourth-order valence-corrected chi connectivity index (χ4v) is 2.16. The van der Waals surface area contributed by atoms with Crippen molar-refractivity contribution in [1.29, 1.82) is 0 Å². The van der Waals surface area contributed by atoms with E-state index < -0.39 is 5.97 Å². The number of carboxylic acid groups (broad SMARTS) is 1. The van der Waals surface area contributed by atoms with Gasteiger partial charge in [-0.05, 0) is 18.3 Å². The molecule has 0 bridgehead atoms. The predicted molar refractivity (Wildman–Crippen MR) is 67.4 cm³/mol. The molecule has 0 fully saturated rings. The first-order chi connectivity index (χ1) is 8.49. The van der Waals surface area contributed by atoms with Crippen molar-refractivity contribution in [2.45, 2.75) is 26.7 Å². The highest BCUT2D eigenvalue weighted by atomic mass is 32.1. The first-order valence-corrected chi connectivity index (χ1v) is 6.49. The first kappa shape index (κ1) is 14.6. The summed E-state index contributed by atoms with van der Waals surface area (Å²) in [4.78, 5) is 22.4. The minimum absolute atomic E-state index is 0.0574. The molecule has 1 atom stereocenters. The third-order valence-electron chi connectivity index (χ3n) is 2.41. The summed E-state index contributed by atoms with van der Waals surface area (Å²) < 4.78 is 7.56. The van der Waals surface area contributed by atoms with Gasteiger partial charge in [-0.2, -0.15) is 8.75 Å². The van der Waals surface area contributed by atoms with Gasteiger partial charge in [-0.15, -0.1) is 0 Å². The molecular weight excluding hydrogens is 254 g/mol. The van der Waals surface area contributed by atoms with Crippen LogP contribution in [0.5, 0.6) is 0 Å². The molecule has 18 heavy (non-hydrogen) atoms. The summed E-state index contributed by atoms with van der Waals surface area (Å²) in [5.41, 5.74) is 0.277. The van der Waals surface area contributed by atoms with Gasteiger partial charge in [0.05, 0.1) is 17.9 Å². The molecule has 0 radical (unpaired) electrons. The molecule has 0 aliphatic carbocycles. The van der Waals surface area contributed by atoms with Gasteiger partial charge in [0.15, 0.2) is 5.69 Å². The number of carboxylic acids is 1. The number of hydrogen-bond acceptors (Lipinski definition) is 5. The molecule has 1 aromatic heterocycles. The Kier molecular flexibility index (Phi) is 5.70. The van der Waals surface area contributed by atoms with Crippen LogP contribution in [0.1, 0.15) is 37.2 Å². The van der Waals surface area contributed by atoms with Crippen molar-refractivity contribution in [3.63, 3.8) is 0 Å². The van der Waals surface area contributed by atoms with Crippen LogP contribution in [0.2, 0.25) is 0 Å². The van der Waals surface area contributed by atoms with Crippen molar-refractivity contribution in [1.82, 2.24) is 14.1 Å². The standard InChI is InChI=1S/C11H17N3O3S/c1-7(2)3-8(4-10(15)16)5-12-11(17)9-6-13-18-14-9/h6-8H,3-5H2,1-2H3,(H,12,17)(H,15,16). The minimum Gasteiger partial charge on any atom is -0.481 e. The fourth-order valence-electron chi connectivity index (χ4n) is 1.74. The molecule has 6 nitrogen and oxygen atoms in total. The average molecular weight is 271 g/mol. The van der Waals surface area contributed by atoms with E-state index in [4.69, 9.17) is 5.11 Å². The smallest absolute Gasteiger partial charge is 0.303 e. The van der Waals surface area contributed by atoms with Crippen molar-refractivity contribution in [3.8, 4) is 0 Å². The Morgan fingerprint density at radius 1 is 1.50 bits per heavy atom. The Hall–Kier alpha value is -1.50. The van der Waals surface area contributed by atoms with Crippen LogP contribution in [0.25, 0.3) is 0 Å². The van der Waals surface area contributed by atoms with Crippen LogP contribution in [0.15, 0.2) is 6.20 Å². The fraction of sp³-hybridized carbons (Fsp3) is 0.636. The van der Waals surface area contributed by atoms with Crippen molar-refractivity contribution < 1.29 is 14.7 Å². The van der Waals surface area contributed by atoms with Crippen LogP contribution >= 0.6 is 11.7 Å². The van der Waals surface area contributed by atoms with E-state index in [1.54, 1.807) is 0 Å². The third kappa shape index (κ3) is 5.22. The molecule has 1 rings (SSSR count). The van der Waals surface area contributed by atoms with Gasteiger partial charge in [0.2, 0.25) is 0 Å². The van der Waals surface area contributed by atoms with Crippen LogP contribution in [0.3, 0.4) is 0 Å². The van der Waals surface area contributed by atoms with E-state index >= 15 is 0 Å². The zero-order chi connectivity index (χ0) is 13.5. The maximum atomic E-state index is 11.6. The van der Waals surface area contributed by atoms with Crippen molar-refractivity contribution in [3.05, 3.63) is 11.9 Å². The summed E-state index contributed by atoms with van der Waals surface area (Å²) in [5.74, 6) is -0.807. The Morgan fingerprint density at radius 2 is 2.22 bits per heavy atom. The molecule has 0 spiro atoms. The van der Waals surface area contributed by atoms with E-state index in [1.807, 2.05) is 13.8 Å². The lowest BCUT2D eigenvalue weighted by Crippen LogP contribution is -2.31. The predicted octanol–water partition coefficient (Wildman–Crippen LogP) is 1.40. The molecule has 0 saturated heterocycles. The lowest BCUT2D eigenvalue weighted by molar-refractivity contribution is -0.138. The number of nitrogens with zero attached hydrogens (tertiary/aromatic N) is 2. The van der Waals surface area contributed by atoms with Crippen molar-refractivity contribution in [2.75, 3.05) is 6.54 Å². The number of carbonyl (C=O) groups is 2. The second-order valence-corrected chi connectivity index (χ2v) is 5.15. The highest BCUT2D eigenvalue weighted by molar-refractivity contribution is 6.99. The largest absolute Gasteiger partial charge is 0.481 e. The van der Waals surface area contributed by atoms with E-state index in [1.165, 1.54) is 6.20 Å². The maximum Gasteiger partial charge on any atom is 0.303 e. The number of aromatic nitrogens is 2. The van der Waals surface area contributed by atoms with E-state index in [0.717, 1.165) is 18.1 Å². The maximum absolute atomic E-state index is 11.6. The van der Waals surface area contributed by atoms with Gasteiger partial charge >= 0.3 is 5.97 Å². The topological polar surface area (TPSA) is 92.2 Å². The van der Waals surface area contributed by atoms with Crippen molar-refractivity contribution in [2.24, 2.45) is 11.8 Å². The molecule has 0 aromatic carbocycles. The Morgan fingerprint density at radius 3 is 2.72 bits per heavy atom. The molecule has 1 amide bonds. The summed E-state index contributed by atoms with van der Waals surface area (Å²) in [6.07, 6.45) is 2.23. The zero-order valence-corrected chi connectivity index (χ0v) is 11.2. The molecule has 2 N–H and O–H groups in total. The number of carbonyl (C=O) groups excluding carboxylic acids is 1. The Bertz CT molecular complexity index is 392. The summed E-state index contributed by atoms with van der Waals surface area (Å²) in [6.45, 7) is 4.41. The lowest BCUT2D eigenvalue weighted by atomic mass is 9.94. The molecule has 100 valence electrons. The van der Waals surface area contributed by atoms with E-state index in [2.05, 4.69) is 14.1 Å². The van der Waals surface area contributed by atoms with Gasteiger partial charge in [0.25, 0.3) is 5.91 Å². The zero-order valence-electron chi connectivity index (χ0n) is 10.4. The number of amides is 1. The first-order valence-electron chi connectivity index (χ1n) is 5.76. The van der Waals surface area contributed by atoms with Gasteiger partial charge in [-0.25, -0.2) is 0 Å². The molecular formula is C11H17N3O3S. The normalized spacial score (nSPS) is 12.4.